The first-order valence-corrected chi connectivity index (χ1v) is 5.90. The molecule has 1 aromatic heterocycles. The molecule has 0 bridgehead atoms. The third kappa shape index (κ3) is 2.79. The molecule has 1 heterocycles. The van der Waals surface area contributed by atoms with Gasteiger partial charge in [-0.05, 0) is 19.4 Å². The maximum Gasteiger partial charge on any atom is 0.269 e. The molecule has 1 N–H and O–H groups in total. The van der Waals surface area contributed by atoms with Crippen LogP contribution in [0.1, 0.15) is 23.1 Å². The van der Waals surface area contributed by atoms with Crippen molar-refractivity contribution in [3.63, 3.8) is 0 Å². The summed E-state index contributed by atoms with van der Waals surface area (Å²) in [7, 11) is 0. The first kappa shape index (κ1) is 13.2. The zero-order valence-electron chi connectivity index (χ0n) is 10.8. The SMILES string of the molecule is Cc1ncn(CC(O)c2cccc([N+](=O)[O-])c2)c1C. The fourth-order valence-corrected chi connectivity index (χ4v) is 1.87. The van der Waals surface area contributed by atoms with Gasteiger partial charge in [-0.1, -0.05) is 12.1 Å². The van der Waals surface area contributed by atoms with Crippen LogP contribution in [0.25, 0.3) is 0 Å². The van der Waals surface area contributed by atoms with Gasteiger partial charge in [-0.15, -0.1) is 0 Å². The number of non-ortho nitro benzene ring substituents is 1. The lowest BCUT2D eigenvalue weighted by Gasteiger charge is -2.13. The summed E-state index contributed by atoms with van der Waals surface area (Å²) in [6, 6.07) is 6.05. The quantitative estimate of drug-likeness (QED) is 0.675. The Hall–Kier alpha value is -2.21. The van der Waals surface area contributed by atoms with Gasteiger partial charge in [0.05, 0.1) is 29.6 Å². The molecule has 0 spiro atoms. The van der Waals surface area contributed by atoms with Crippen LogP contribution in [0.3, 0.4) is 0 Å². The second-order valence-corrected chi connectivity index (χ2v) is 4.44. The Morgan fingerprint density at radius 3 is 2.79 bits per heavy atom. The summed E-state index contributed by atoms with van der Waals surface area (Å²) < 4.78 is 1.83. The van der Waals surface area contributed by atoms with Crippen LogP contribution in [0.4, 0.5) is 5.69 Å². The molecule has 6 heteroatoms. The second kappa shape index (κ2) is 5.19. The minimum absolute atomic E-state index is 0.0184. The number of hydrogen-bond acceptors (Lipinski definition) is 4. The minimum atomic E-state index is -0.799. The Kier molecular flexibility index (Phi) is 3.62. The van der Waals surface area contributed by atoms with E-state index in [1.54, 1.807) is 18.5 Å². The highest BCUT2D eigenvalue weighted by Gasteiger charge is 2.14. The van der Waals surface area contributed by atoms with Crippen LogP contribution in [0.15, 0.2) is 30.6 Å². The Morgan fingerprint density at radius 2 is 2.21 bits per heavy atom. The number of rotatable bonds is 4. The molecule has 1 atom stereocenters. The van der Waals surface area contributed by atoms with Crippen molar-refractivity contribution in [2.24, 2.45) is 0 Å². The van der Waals surface area contributed by atoms with E-state index in [4.69, 9.17) is 0 Å². The summed E-state index contributed by atoms with van der Waals surface area (Å²) in [5.41, 5.74) is 2.39. The van der Waals surface area contributed by atoms with Gasteiger partial charge in [-0.2, -0.15) is 0 Å². The highest BCUT2D eigenvalue weighted by atomic mass is 16.6. The lowest BCUT2D eigenvalue weighted by Crippen LogP contribution is -2.09. The molecule has 0 fully saturated rings. The molecule has 19 heavy (non-hydrogen) atoms. The van der Waals surface area contributed by atoms with Crippen molar-refractivity contribution in [2.45, 2.75) is 26.5 Å². The Morgan fingerprint density at radius 1 is 1.47 bits per heavy atom. The van der Waals surface area contributed by atoms with Crippen molar-refractivity contribution < 1.29 is 10.0 Å². The van der Waals surface area contributed by atoms with Crippen LogP contribution in [0.2, 0.25) is 0 Å². The molecule has 0 aliphatic carbocycles. The van der Waals surface area contributed by atoms with Crippen LogP contribution < -0.4 is 0 Å². The summed E-state index contributed by atoms with van der Waals surface area (Å²) in [5, 5.41) is 20.8. The van der Waals surface area contributed by atoms with Gasteiger partial charge in [-0.25, -0.2) is 4.98 Å². The number of aromatic nitrogens is 2. The highest BCUT2D eigenvalue weighted by molar-refractivity contribution is 5.35. The van der Waals surface area contributed by atoms with E-state index in [-0.39, 0.29) is 5.69 Å². The van der Waals surface area contributed by atoms with E-state index in [0.29, 0.717) is 12.1 Å². The Balaban J connectivity index is 2.20. The molecule has 0 aliphatic rings. The summed E-state index contributed by atoms with van der Waals surface area (Å²) in [4.78, 5) is 14.4. The number of benzene rings is 1. The standard InChI is InChI=1S/C13H15N3O3/c1-9-10(2)15(8-14-9)7-13(17)11-4-3-5-12(6-11)16(18)19/h3-6,8,13,17H,7H2,1-2H3. The molecule has 0 aliphatic heterocycles. The average Bonchev–Trinajstić information content (AvgIpc) is 2.71. The second-order valence-electron chi connectivity index (χ2n) is 4.44. The minimum Gasteiger partial charge on any atom is -0.387 e. The van der Waals surface area contributed by atoms with Gasteiger partial charge in [0.2, 0.25) is 0 Å². The molecular weight excluding hydrogens is 246 g/mol. The van der Waals surface area contributed by atoms with Gasteiger partial charge < -0.3 is 9.67 Å². The van der Waals surface area contributed by atoms with Crippen molar-refractivity contribution in [1.82, 2.24) is 9.55 Å². The van der Waals surface area contributed by atoms with E-state index in [9.17, 15) is 15.2 Å². The predicted molar refractivity (Wildman–Crippen MR) is 69.8 cm³/mol. The molecule has 1 unspecified atom stereocenters. The number of aliphatic hydroxyl groups is 1. The molecule has 0 amide bonds. The first-order chi connectivity index (χ1) is 8.99. The van der Waals surface area contributed by atoms with E-state index in [1.807, 2.05) is 18.4 Å². The van der Waals surface area contributed by atoms with Gasteiger partial charge in [0.1, 0.15) is 0 Å². The maximum absolute atomic E-state index is 10.7. The largest absolute Gasteiger partial charge is 0.387 e. The Labute approximate surface area is 110 Å². The van der Waals surface area contributed by atoms with Gasteiger partial charge in [0, 0.05) is 17.8 Å². The number of nitro benzene ring substituents is 1. The van der Waals surface area contributed by atoms with Crippen LogP contribution in [0.5, 0.6) is 0 Å². The molecule has 0 saturated heterocycles. The van der Waals surface area contributed by atoms with Crippen molar-refractivity contribution in [3.05, 3.63) is 57.7 Å². The van der Waals surface area contributed by atoms with E-state index >= 15 is 0 Å². The van der Waals surface area contributed by atoms with Gasteiger partial charge in [0.15, 0.2) is 0 Å². The number of nitro groups is 1. The van der Waals surface area contributed by atoms with Gasteiger partial charge in [0.25, 0.3) is 5.69 Å². The molecule has 0 radical (unpaired) electrons. The van der Waals surface area contributed by atoms with E-state index < -0.39 is 11.0 Å². The average molecular weight is 261 g/mol. The maximum atomic E-state index is 10.7. The lowest BCUT2D eigenvalue weighted by molar-refractivity contribution is -0.385. The van der Waals surface area contributed by atoms with Gasteiger partial charge >= 0.3 is 0 Å². The predicted octanol–water partition coefficient (Wildman–Crippen LogP) is 2.14. The fourth-order valence-electron chi connectivity index (χ4n) is 1.87. The number of aryl methyl sites for hydroxylation is 1. The molecule has 6 nitrogen and oxygen atoms in total. The monoisotopic (exact) mass is 261 g/mol. The van der Waals surface area contributed by atoms with Crippen LogP contribution in [-0.4, -0.2) is 19.6 Å². The highest BCUT2D eigenvalue weighted by Crippen LogP contribution is 2.21. The van der Waals surface area contributed by atoms with Crippen molar-refractivity contribution >= 4 is 5.69 Å². The summed E-state index contributed by atoms with van der Waals surface area (Å²) >= 11 is 0. The molecule has 1 aromatic carbocycles. The molecule has 0 saturated carbocycles. The number of imidazole rings is 1. The fraction of sp³-hybridized carbons (Fsp3) is 0.308. The number of hydrogen-bond donors (Lipinski definition) is 1. The zero-order chi connectivity index (χ0) is 14.0. The van der Waals surface area contributed by atoms with Crippen molar-refractivity contribution in [1.29, 1.82) is 0 Å². The van der Waals surface area contributed by atoms with E-state index in [0.717, 1.165) is 11.4 Å². The number of aliphatic hydroxyl groups excluding tert-OH is 1. The molecule has 2 aromatic rings. The molecular formula is C13H15N3O3. The van der Waals surface area contributed by atoms with Crippen LogP contribution in [-0.2, 0) is 6.54 Å². The topological polar surface area (TPSA) is 81.2 Å². The molecule has 2 rings (SSSR count). The summed E-state index contributed by atoms with van der Waals surface area (Å²) in [6.07, 6.45) is 0.859. The molecule has 100 valence electrons. The van der Waals surface area contributed by atoms with Crippen molar-refractivity contribution in [3.8, 4) is 0 Å². The van der Waals surface area contributed by atoms with Crippen molar-refractivity contribution in [2.75, 3.05) is 0 Å². The zero-order valence-corrected chi connectivity index (χ0v) is 10.8. The third-order valence-corrected chi connectivity index (χ3v) is 3.18. The van der Waals surface area contributed by atoms with Crippen LogP contribution >= 0.6 is 0 Å². The lowest BCUT2D eigenvalue weighted by atomic mass is 10.1. The third-order valence-electron chi connectivity index (χ3n) is 3.18. The van der Waals surface area contributed by atoms with Gasteiger partial charge in [-0.3, -0.25) is 10.1 Å². The number of nitrogens with zero attached hydrogens (tertiary/aromatic N) is 3. The Bertz CT molecular complexity index is 607. The first-order valence-electron chi connectivity index (χ1n) is 5.90. The van der Waals surface area contributed by atoms with E-state index in [2.05, 4.69) is 4.98 Å². The summed E-state index contributed by atoms with van der Waals surface area (Å²) in [6.45, 7) is 4.14. The smallest absolute Gasteiger partial charge is 0.269 e. The van der Waals surface area contributed by atoms with Crippen LogP contribution in [0, 0.1) is 24.0 Å². The normalized spacial score (nSPS) is 12.4. The van der Waals surface area contributed by atoms with E-state index in [1.165, 1.54) is 12.1 Å². The summed E-state index contributed by atoms with van der Waals surface area (Å²) in [5.74, 6) is 0.